The fraction of sp³-hybridized carbons (Fsp3) is 0.194. The van der Waals surface area contributed by atoms with E-state index in [1.165, 1.54) is 0 Å². The highest BCUT2D eigenvalue weighted by Gasteiger charge is 2.27. The molecule has 186 valence electrons. The first-order chi connectivity index (χ1) is 18.1. The fourth-order valence-electron chi connectivity index (χ4n) is 5.02. The van der Waals surface area contributed by atoms with E-state index in [2.05, 4.69) is 69.1 Å². The number of aromatic nitrogens is 2. The van der Waals surface area contributed by atoms with Crippen LogP contribution in [0, 0.1) is 5.92 Å². The standard InChI is InChI=1S/C31H30N4O2/c1-32-31(37)29(18-26-19-33-20-34-26)35-30(36)25(16-23-12-6-10-21-8-2-4-14-27(21)23)17-24-13-7-11-22-9-3-5-15-28(22)24/h2-15,19-20,25,29H,16-18H2,1H3,(H,32,37)(H,33,34)(H,35,36)/t29-/m0/s1. The summed E-state index contributed by atoms with van der Waals surface area (Å²) < 4.78 is 0. The smallest absolute Gasteiger partial charge is 0.242 e. The van der Waals surface area contributed by atoms with E-state index in [0.29, 0.717) is 19.3 Å². The number of amides is 2. The maximum Gasteiger partial charge on any atom is 0.242 e. The summed E-state index contributed by atoms with van der Waals surface area (Å²) in [4.78, 5) is 33.6. The molecule has 0 aliphatic heterocycles. The summed E-state index contributed by atoms with van der Waals surface area (Å²) in [7, 11) is 1.58. The van der Waals surface area contributed by atoms with Gasteiger partial charge in [0.1, 0.15) is 6.04 Å². The molecule has 1 heterocycles. The van der Waals surface area contributed by atoms with E-state index in [-0.39, 0.29) is 17.7 Å². The SMILES string of the molecule is CNC(=O)[C@H](Cc1cnc[nH]1)NC(=O)C(Cc1cccc2ccccc12)Cc1cccc2ccccc12. The van der Waals surface area contributed by atoms with Crippen molar-refractivity contribution in [3.8, 4) is 0 Å². The van der Waals surface area contributed by atoms with E-state index in [9.17, 15) is 9.59 Å². The molecule has 3 N–H and O–H groups in total. The van der Waals surface area contributed by atoms with Gasteiger partial charge in [-0.25, -0.2) is 4.98 Å². The van der Waals surface area contributed by atoms with Gasteiger partial charge in [0.25, 0.3) is 0 Å². The second kappa shape index (κ2) is 11.1. The average Bonchev–Trinajstić information content (AvgIpc) is 3.45. The van der Waals surface area contributed by atoms with Crippen molar-refractivity contribution < 1.29 is 9.59 Å². The molecule has 1 atom stereocenters. The Kier molecular flexibility index (Phi) is 7.26. The van der Waals surface area contributed by atoms with E-state index < -0.39 is 6.04 Å². The van der Waals surface area contributed by atoms with Gasteiger partial charge in [0.05, 0.1) is 6.33 Å². The summed E-state index contributed by atoms with van der Waals surface area (Å²) in [6, 6.07) is 28.2. The number of aromatic amines is 1. The highest BCUT2D eigenvalue weighted by Crippen LogP contribution is 2.26. The molecule has 0 spiro atoms. The Morgan fingerprint density at radius 2 is 1.32 bits per heavy atom. The zero-order chi connectivity index (χ0) is 25.6. The number of hydrogen-bond acceptors (Lipinski definition) is 3. The van der Waals surface area contributed by atoms with Crippen molar-refractivity contribution >= 4 is 33.4 Å². The lowest BCUT2D eigenvalue weighted by molar-refractivity contribution is -0.130. The molecule has 6 nitrogen and oxygen atoms in total. The average molecular weight is 491 g/mol. The number of hydrogen-bond donors (Lipinski definition) is 3. The van der Waals surface area contributed by atoms with Crippen molar-refractivity contribution in [1.82, 2.24) is 20.6 Å². The third kappa shape index (κ3) is 5.54. The van der Waals surface area contributed by atoms with Crippen LogP contribution in [0.2, 0.25) is 0 Å². The van der Waals surface area contributed by atoms with Gasteiger partial charge in [-0.2, -0.15) is 0 Å². The molecule has 1 aromatic heterocycles. The van der Waals surface area contributed by atoms with Crippen molar-refractivity contribution in [3.63, 3.8) is 0 Å². The summed E-state index contributed by atoms with van der Waals surface area (Å²) in [5, 5.41) is 10.3. The van der Waals surface area contributed by atoms with Crippen LogP contribution in [-0.2, 0) is 28.9 Å². The van der Waals surface area contributed by atoms with E-state index in [1.54, 1.807) is 19.6 Å². The molecule has 0 unspecified atom stereocenters. The summed E-state index contributed by atoms with van der Waals surface area (Å²) in [6.45, 7) is 0. The zero-order valence-corrected chi connectivity index (χ0v) is 20.8. The van der Waals surface area contributed by atoms with Crippen molar-refractivity contribution in [3.05, 3.63) is 114 Å². The molecule has 0 saturated carbocycles. The molecular formula is C31H30N4O2. The Labute approximate surface area is 216 Å². The van der Waals surface area contributed by atoms with E-state index >= 15 is 0 Å². The Balaban J connectivity index is 1.48. The van der Waals surface area contributed by atoms with Crippen LogP contribution in [0.15, 0.2) is 97.5 Å². The number of likely N-dealkylation sites (N-methyl/N-ethyl adjacent to an activating group) is 1. The Morgan fingerprint density at radius 1 is 0.757 bits per heavy atom. The third-order valence-electron chi connectivity index (χ3n) is 6.92. The molecular weight excluding hydrogens is 460 g/mol. The largest absolute Gasteiger partial charge is 0.357 e. The summed E-state index contributed by atoms with van der Waals surface area (Å²) in [6.07, 6.45) is 4.69. The Morgan fingerprint density at radius 3 is 1.86 bits per heavy atom. The van der Waals surface area contributed by atoms with Crippen LogP contribution >= 0.6 is 0 Å². The Bertz CT molecular complexity index is 1440. The Hall–Kier alpha value is -4.45. The van der Waals surface area contributed by atoms with Crippen LogP contribution in [0.4, 0.5) is 0 Å². The van der Waals surface area contributed by atoms with E-state index in [1.807, 2.05) is 36.4 Å². The lowest BCUT2D eigenvalue weighted by atomic mass is 9.87. The molecule has 37 heavy (non-hydrogen) atoms. The van der Waals surface area contributed by atoms with Crippen LogP contribution in [0.25, 0.3) is 21.5 Å². The van der Waals surface area contributed by atoms with Gasteiger partial charge in [0.15, 0.2) is 0 Å². The summed E-state index contributed by atoms with van der Waals surface area (Å²) >= 11 is 0. The topological polar surface area (TPSA) is 86.9 Å². The predicted molar refractivity (Wildman–Crippen MR) is 147 cm³/mol. The van der Waals surface area contributed by atoms with Gasteiger partial charge in [0.2, 0.25) is 11.8 Å². The van der Waals surface area contributed by atoms with Crippen LogP contribution < -0.4 is 10.6 Å². The van der Waals surface area contributed by atoms with Gasteiger partial charge in [-0.3, -0.25) is 9.59 Å². The minimum Gasteiger partial charge on any atom is -0.357 e. The normalized spacial score (nSPS) is 12.1. The van der Waals surface area contributed by atoms with Gasteiger partial charge < -0.3 is 15.6 Å². The molecule has 0 aliphatic carbocycles. The minimum atomic E-state index is -0.708. The highest BCUT2D eigenvalue weighted by molar-refractivity contribution is 5.91. The predicted octanol–water partition coefficient (Wildman–Crippen LogP) is 4.59. The minimum absolute atomic E-state index is 0.144. The number of carbonyl (C=O) groups is 2. The van der Waals surface area contributed by atoms with Crippen molar-refractivity contribution in [2.45, 2.75) is 25.3 Å². The maximum atomic E-state index is 13.9. The number of H-pyrrole nitrogens is 1. The van der Waals surface area contributed by atoms with Gasteiger partial charge >= 0.3 is 0 Å². The lowest BCUT2D eigenvalue weighted by Crippen LogP contribution is -2.49. The van der Waals surface area contributed by atoms with Crippen LogP contribution in [-0.4, -0.2) is 34.9 Å². The first-order valence-corrected chi connectivity index (χ1v) is 12.5. The van der Waals surface area contributed by atoms with Gasteiger partial charge in [-0.05, 0) is 45.5 Å². The molecule has 4 aromatic carbocycles. The second-order valence-corrected chi connectivity index (χ2v) is 9.34. The van der Waals surface area contributed by atoms with Gasteiger partial charge in [-0.1, -0.05) is 84.9 Å². The molecule has 0 aliphatic rings. The van der Waals surface area contributed by atoms with Crippen molar-refractivity contribution in [2.24, 2.45) is 5.92 Å². The number of nitrogens with one attached hydrogen (secondary N) is 3. The number of nitrogens with zero attached hydrogens (tertiary/aromatic N) is 1. The van der Waals surface area contributed by atoms with Crippen molar-refractivity contribution in [1.29, 1.82) is 0 Å². The quantitative estimate of drug-likeness (QED) is 0.282. The zero-order valence-electron chi connectivity index (χ0n) is 20.8. The number of benzene rings is 4. The number of rotatable bonds is 9. The fourth-order valence-corrected chi connectivity index (χ4v) is 5.02. The van der Waals surface area contributed by atoms with Crippen LogP contribution in [0.3, 0.4) is 0 Å². The first-order valence-electron chi connectivity index (χ1n) is 12.5. The van der Waals surface area contributed by atoms with E-state index in [0.717, 1.165) is 38.4 Å². The molecule has 0 radical (unpaired) electrons. The second-order valence-electron chi connectivity index (χ2n) is 9.34. The van der Waals surface area contributed by atoms with Crippen LogP contribution in [0.1, 0.15) is 16.8 Å². The molecule has 5 rings (SSSR count). The number of imidazole rings is 1. The maximum absolute atomic E-state index is 13.9. The number of fused-ring (bicyclic) bond motifs is 2. The molecule has 0 bridgehead atoms. The van der Waals surface area contributed by atoms with Gasteiger partial charge in [-0.15, -0.1) is 0 Å². The lowest BCUT2D eigenvalue weighted by Gasteiger charge is -2.23. The molecule has 0 fully saturated rings. The summed E-state index contributed by atoms with van der Waals surface area (Å²) in [5.41, 5.74) is 3.01. The highest BCUT2D eigenvalue weighted by atomic mass is 16.2. The first kappa shape index (κ1) is 24.3. The number of carbonyl (C=O) groups excluding carboxylic acids is 2. The van der Waals surface area contributed by atoms with Crippen LogP contribution in [0.5, 0.6) is 0 Å². The molecule has 2 amide bonds. The third-order valence-corrected chi connectivity index (χ3v) is 6.92. The van der Waals surface area contributed by atoms with E-state index in [4.69, 9.17) is 0 Å². The van der Waals surface area contributed by atoms with Crippen molar-refractivity contribution in [2.75, 3.05) is 7.05 Å². The summed E-state index contributed by atoms with van der Waals surface area (Å²) in [5.74, 6) is -0.753. The monoisotopic (exact) mass is 490 g/mol. The van der Waals surface area contributed by atoms with Gasteiger partial charge in [0, 0.05) is 31.3 Å². The molecule has 5 aromatic rings. The molecule has 6 heteroatoms. The molecule has 0 saturated heterocycles.